The van der Waals surface area contributed by atoms with Gasteiger partial charge in [-0.05, 0) is 37.8 Å². The Bertz CT molecular complexity index is 282. The van der Waals surface area contributed by atoms with Gasteiger partial charge in [0.1, 0.15) is 6.33 Å². The molecule has 0 aliphatic heterocycles. The second-order valence-corrected chi connectivity index (χ2v) is 4.30. The number of nitrogens with one attached hydrogen (secondary N) is 1. The molecular weight excluding hydrogens is 186 g/mol. The molecule has 15 heavy (non-hydrogen) atoms. The molecule has 1 saturated carbocycles. The van der Waals surface area contributed by atoms with Crippen LogP contribution in [0.15, 0.2) is 18.6 Å². The lowest BCUT2D eigenvalue weighted by Gasteiger charge is -2.17. The molecule has 82 valence electrons. The van der Waals surface area contributed by atoms with Gasteiger partial charge in [0.2, 0.25) is 0 Å². The maximum atomic E-state index is 4.29. The van der Waals surface area contributed by atoms with Crippen LogP contribution in [0.2, 0.25) is 0 Å². The average Bonchev–Trinajstić information content (AvgIpc) is 3.09. The maximum absolute atomic E-state index is 4.29. The van der Waals surface area contributed by atoms with E-state index in [-0.39, 0.29) is 0 Å². The predicted octanol–water partition coefficient (Wildman–Crippen LogP) is 1.80. The second kappa shape index (κ2) is 5.21. The molecule has 1 N–H and O–H groups in total. The molecule has 1 fully saturated rings. The Morgan fingerprint density at radius 3 is 3.00 bits per heavy atom. The van der Waals surface area contributed by atoms with Gasteiger partial charge in [0.25, 0.3) is 0 Å². The summed E-state index contributed by atoms with van der Waals surface area (Å²) in [6.07, 6.45) is 8.48. The van der Waals surface area contributed by atoms with Crippen molar-refractivity contribution in [3.63, 3.8) is 0 Å². The third-order valence-corrected chi connectivity index (χ3v) is 2.92. The molecule has 0 radical (unpaired) electrons. The van der Waals surface area contributed by atoms with E-state index < -0.39 is 0 Å². The molecule has 1 atom stereocenters. The fraction of sp³-hybridized carbons (Fsp3) is 0.667. The molecule has 1 aromatic rings. The standard InChI is InChI=1S/C12H19N3/c1-2-6-14-12(10-3-4-10)8-11-5-7-13-9-15-11/h5,7,9-10,12,14H,2-4,6,8H2,1H3. The van der Waals surface area contributed by atoms with E-state index in [2.05, 4.69) is 22.2 Å². The zero-order valence-corrected chi connectivity index (χ0v) is 9.32. The Kier molecular flexibility index (Phi) is 3.67. The van der Waals surface area contributed by atoms with Crippen LogP contribution >= 0.6 is 0 Å². The van der Waals surface area contributed by atoms with Crippen molar-refractivity contribution in [2.75, 3.05) is 6.54 Å². The van der Waals surface area contributed by atoms with Crippen LogP contribution in [0.5, 0.6) is 0 Å². The normalized spacial score (nSPS) is 17.7. The van der Waals surface area contributed by atoms with Gasteiger partial charge >= 0.3 is 0 Å². The molecule has 1 heterocycles. The summed E-state index contributed by atoms with van der Waals surface area (Å²) in [4.78, 5) is 8.23. The van der Waals surface area contributed by atoms with Crippen molar-refractivity contribution in [3.05, 3.63) is 24.3 Å². The molecule has 0 saturated heterocycles. The lowest BCUT2D eigenvalue weighted by Crippen LogP contribution is -2.33. The summed E-state index contributed by atoms with van der Waals surface area (Å²) in [6.45, 7) is 3.33. The topological polar surface area (TPSA) is 37.8 Å². The SMILES string of the molecule is CCCNC(Cc1ccncn1)C1CC1. The Hall–Kier alpha value is -0.960. The Morgan fingerprint density at radius 2 is 2.40 bits per heavy atom. The number of nitrogens with zero attached hydrogens (tertiary/aromatic N) is 2. The van der Waals surface area contributed by atoms with Gasteiger partial charge in [0.05, 0.1) is 0 Å². The molecule has 1 aromatic heterocycles. The molecule has 0 bridgehead atoms. The number of hydrogen-bond acceptors (Lipinski definition) is 3. The minimum absolute atomic E-state index is 0.625. The van der Waals surface area contributed by atoms with Crippen molar-refractivity contribution in [2.45, 2.75) is 38.6 Å². The first-order valence-corrected chi connectivity index (χ1v) is 5.88. The molecular formula is C12H19N3. The van der Waals surface area contributed by atoms with Crippen molar-refractivity contribution in [3.8, 4) is 0 Å². The van der Waals surface area contributed by atoms with E-state index in [1.807, 2.05) is 12.3 Å². The summed E-state index contributed by atoms with van der Waals surface area (Å²) < 4.78 is 0. The van der Waals surface area contributed by atoms with Gasteiger partial charge in [-0.25, -0.2) is 9.97 Å². The van der Waals surface area contributed by atoms with Crippen LogP contribution in [-0.4, -0.2) is 22.6 Å². The number of rotatable bonds is 6. The average molecular weight is 205 g/mol. The van der Waals surface area contributed by atoms with E-state index in [1.165, 1.54) is 19.3 Å². The second-order valence-electron chi connectivity index (χ2n) is 4.30. The zero-order valence-electron chi connectivity index (χ0n) is 9.32. The third-order valence-electron chi connectivity index (χ3n) is 2.92. The molecule has 0 amide bonds. The number of hydrogen-bond donors (Lipinski definition) is 1. The third kappa shape index (κ3) is 3.27. The summed E-state index contributed by atoms with van der Waals surface area (Å²) in [6, 6.07) is 2.64. The summed E-state index contributed by atoms with van der Waals surface area (Å²) >= 11 is 0. The fourth-order valence-electron chi connectivity index (χ4n) is 1.90. The van der Waals surface area contributed by atoms with Crippen molar-refractivity contribution < 1.29 is 0 Å². The van der Waals surface area contributed by atoms with E-state index in [0.29, 0.717) is 6.04 Å². The first-order valence-electron chi connectivity index (χ1n) is 5.88. The van der Waals surface area contributed by atoms with Gasteiger partial charge in [-0.2, -0.15) is 0 Å². The summed E-state index contributed by atoms with van der Waals surface area (Å²) in [5.41, 5.74) is 1.16. The quantitative estimate of drug-likeness (QED) is 0.769. The lowest BCUT2D eigenvalue weighted by atomic mass is 10.1. The van der Waals surface area contributed by atoms with Crippen molar-refractivity contribution in [1.29, 1.82) is 0 Å². The van der Waals surface area contributed by atoms with Crippen LogP contribution in [0.4, 0.5) is 0 Å². The molecule has 1 aliphatic rings. The van der Waals surface area contributed by atoms with Gasteiger partial charge in [-0.1, -0.05) is 6.92 Å². The van der Waals surface area contributed by atoms with E-state index in [0.717, 1.165) is 24.6 Å². The van der Waals surface area contributed by atoms with Crippen LogP contribution in [0.25, 0.3) is 0 Å². The minimum Gasteiger partial charge on any atom is -0.313 e. The molecule has 0 spiro atoms. The highest BCUT2D eigenvalue weighted by Crippen LogP contribution is 2.33. The largest absolute Gasteiger partial charge is 0.313 e. The summed E-state index contributed by atoms with van der Waals surface area (Å²) in [5, 5.41) is 3.62. The van der Waals surface area contributed by atoms with Crippen molar-refractivity contribution in [1.82, 2.24) is 15.3 Å². The van der Waals surface area contributed by atoms with Crippen LogP contribution in [0.1, 0.15) is 31.9 Å². The monoisotopic (exact) mass is 205 g/mol. The van der Waals surface area contributed by atoms with Crippen LogP contribution in [0, 0.1) is 5.92 Å². The first-order chi connectivity index (χ1) is 7.40. The Labute approximate surface area is 91.3 Å². The first kappa shape index (κ1) is 10.6. The van der Waals surface area contributed by atoms with Crippen LogP contribution < -0.4 is 5.32 Å². The fourth-order valence-corrected chi connectivity index (χ4v) is 1.90. The van der Waals surface area contributed by atoms with E-state index in [4.69, 9.17) is 0 Å². The molecule has 1 aliphatic carbocycles. The van der Waals surface area contributed by atoms with Gasteiger partial charge in [-0.15, -0.1) is 0 Å². The van der Waals surface area contributed by atoms with Gasteiger partial charge in [-0.3, -0.25) is 0 Å². The van der Waals surface area contributed by atoms with Gasteiger partial charge in [0, 0.05) is 24.4 Å². The van der Waals surface area contributed by atoms with E-state index in [9.17, 15) is 0 Å². The highest BCUT2D eigenvalue weighted by atomic mass is 14.9. The number of aromatic nitrogens is 2. The zero-order chi connectivity index (χ0) is 10.5. The highest BCUT2D eigenvalue weighted by molar-refractivity contribution is 5.03. The smallest absolute Gasteiger partial charge is 0.115 e. The molecule has 3 nitrogen and oxygen atoms in total. The summed E-state index contributed by atoms with van der Waals surface area (Å²) in [5.74, 6) is 0.881. The van der Waals surface area contributed by atoms with Crippen LogP contribution in [0.3, 0.4) is 0 Å². The maximum Gasteiger partial charge on any atom is 0.115 e. The van der Waals surface area contributed by atoms with Crippen molar-refractivity contribution >= 4 is 0 Å². The van der Waals surface area contributed by atoms with Gasteiger partial charge < -0.3 is 5.32 Å². The molecule has 1 unspecified atom stereocenters. The minimum atomic E-state index is 0.625. The van der Waals surface area contributed by atoms with Crippen LogP contribution in [-0.2, 0) is 6.42 Å². The Morgan fingerprint density at radius 1 is 1.53 bits per heavy atom. The van der Waals surface area contributed by atoms with E-state index in [1.54, 1.807) is 6.33 Å². The van der Waals surface area contributed by atoms with Crippen molar-refractivity contribution in [2.24, 2.45) is 5.92 Å². The molecule has 2 rings (SSSR count). The molecule has 0 aromatic carbocycles. The summed E-state index contributed by atoms with van der Waals surface area (Å²) in [7, 11) is 0. The lowest BCUT2D eigenvalue weighted by molar-refractivity contribution is 0.456. The highest BCUT2D eigenvalue weighted by Gasteiger charge is 2.30. The Balaban J connectivity index is 1.88. The predicted molar refractivity (Wildman–Crippen MR) is 60.5 cm³/mol. The van der Waals surface area contributed by atoms with Gasteiger partial charge in [0.15, 0.2) is 0 Å². The van der Waals surface area contributed by atoms with E-state index >= 15 is 0 Å². The molecule has 3 heteroatoms.